The lowest BCUT2D eigenvalue weighted by Gasteiger charge is -2.15. The molecule has 0 unspecified atom stereocenters. The third kappa shape index (κ3) is 2.76. The zero-order chi connectivity index (χ0) is 23.2. The fourth-order valence-corrected chi connectivity index (χ4v) is 4.98. The summed E-state index contributed by atoms with van der Waals surface area (Å²) in [6.07, 6.45) is 2.29. The number of benzene rings is 2. The first-order valence-corrected chi connectivity index (χ1v) is 11.0. The summed E-state index contributed by atoms with van der Waals surface area (Å²) in [6, 6.07) is 8.47. The molecular weight excluding hydrogens is 423 g/mol. The molecule has 1 amide bonds. The second-order valence-corrected chi connectivity index (χ2v) is 9.71. The van der Waals surface area contributed by atoms with Crippen molar-refractivity contribution in [3.63, 3.8) is 0 Å². The van der Waals surface area contributed by atoms with E-state index >= 15 is 0 Å². The first kappa shape index (κ1) is 20.0. The van der Waals surface area contributed by atoms with Crippen LogP contribution in [0.2, 0.25) is 0 Å². The maximum Gasteiger partial charge on any atom is 0.335 e. The van der Waals surface area contributed by atoms with Gasteiger partial charge < -0.3 is 19.6 Å². The lowest BCUT2D eigenvalue weighted by atomic mass is 9.86. The van der Waals surface area contributed by atoms with E-state index in [4.69, 9.17) is 0 Å². The van der Waals surface area contributed by atoms with E-state index in [-0.39, 0.29) is 17.0 Å². The van der Waals surface area contributed by atoms with Crippen LogP contribution in [0.5, 0.6) is 0 Å². The Morgan fingerprint density at radius 2 is 2.00 bits per heavy atom. The molecule has 4 aromatic rings. The van der Waals surface area contributed by atoms with Crippen molar-refractivity contribution in [3.05, 3.63) is 47.3 Å². The highest BCUT2D eigenvalue weighted by molar-refractivity contribution is 6.13. The Kier molecular flexibility index (Phi) is 3.89. The number of amides is 1. The lowest BCUT2D eigenvalue weighted by Crippen LogP contribution is -2.26. The molecule has 1 saturated carbocycles. The van der Waals surface area contributed by atoms with Crippen LogP contribution >= 0.6 is 0 Å². The monoisotopic (exact) mass is 446 g/mol. The highest BCUT2D eigenvalue weighted by Crippen LogP contribution is 2.45. The second-order valence-electron chi connectivity index (χ2n) is 9.71. The van der Waals surface area contributed by atoms with E-state index in [9.17, 15) is 19.1 Å². The predicted octanol–water partition coefficient (Wildman–Crippen LogP) is 4.67. The van der Waals surface area contributed by atoms with Gasteiger partial charge in [0.1, 0.15) is 11.3 Å². The van der Waals surface area contributed by atoms with Crippen LogP contribution in [0.15, 0.2) is 30.3 Å². The first-order valence-electron chi connectivity index (χ1n) is 11.0. The summed E-state index contributed by atoms with van der Waals surface area (Å²) in [7, 11) is 1.74. The molecule has 0 bridgehead atoms. The van der Waals surface area contributed by atoms with E-state index < -0.39 is 17.2 Å². The molecule has 2 aliphatic rings. The summed E-state index contributed by atoms with van der Waals surface area (Å²) in [5, 5.41) is 13.4. The van der Waals surface area contributed by atoms with Gasteiger partial charge in [-0.1, -0.05) is 12.1 Å². The highest BCUT2D eigenvalue weighted by Gasteiger charge is 2.40. The third-order valence-corrected chi connectivity index (χ3v) is 7.08. The van der Waals surface area contributed by atoms with Crippen molar-refractivity contribution in [3.8, 4) is 11.5 Å². The van der Waals surface area contributed by atoms with Gasteiger partial charge in [0, 0.05) is 19.0 Å². The molecule has 2 aromatic heterocycles. The maximum atomic E-state index is 14.9. The van der Waals surface area contributed by atoms with E-state index in [2.05, 4.69) is 14.9 Å². The molecule has 0 radical (unpaired) electrons. The number of nitrogens with zero attached hydrogens (tertiary/aromatic N) is 3. The van der Waals surface area contributed by atoms with Gasteiger partial charge in [0.05, 0.1) is 33.4 Å². The third-order valence-electron chi connectivity index (χ3n) is 7.08. The summed E-state index contributed by atoms with van der Waals surface area (Å²) in [5.41, 5.74) is 3.37. The smallest absolute Gasteiger partial charge is 0.335 e. The van der Waals surface area contributed by atoms with Gasteiger partial charge in [0.15, 0.2) is 5.82 Å². The number of rotatable bonds is 4. The number of hydrogen-bond acceptors (Lipinski definition) is 3. The minimum absolute atomic E-state index is 0.0308. The molecule has 168 valence electrons. The zero-order valence-electron chi connectivity index (χ0n) is 18.6. The average Bonchev–Trinajstić information content (AvgIpc) is 3.34. The van der Waals surface area contributed by atoms with Gasteiger partial charge in [-0.05, 0) is 56.4 Å². The van der Waals surface area contributed by atoms with Crippen molar-refractivity contribution >= 4 is 39.5 Å². The molecule has 8 heteroatoms. The molecular formula is C25H23FN4O3. The number of aryl methyl sites for hydroxylation is 1. The summed E-state index contributed by atoms with van der Waals surface area (Å²) in [4.78, 5) is 28.8. The van der Waals surface area contributed by atoms with Crippen LogP contribution in [0, 0.1) is 11.7 Å². The van der Waals surface area contributed by atoms with E-state index in [0.29, 0.717) is 17.3 Å². The SMILES string of the molecule is Cn1c(-c2cc3ccc4c(c3n2CC2CC2)NC(=O)C4(C)C)nc2cc(C(=O)O)cc(F)c21. The normalized spacial score (nSPS) is 17.0. The number of nitrogens with one attached hydrogen (secondary N) is 1. The molecule has 0 spiro atoms. The van der Waals surface area contributed by atoms with Crippen LogP contribution in [0.4, 0.5) is 10.1 Å². The number of fused-ring (bicyclic) bond motifs is 4. The fourth-order valence-electron chi connectivity index (χ4n) is 4.98. The highest BCUT2D eigenvalue weighted by atomic mass is 19.1. The molecule has 7 nitrogen and oxygen atoms in total. The van der Waals surface area contributed by atoms with Crippen molar-refractivity contribution in [2.45, 2.75) is 38.6 Å². The number of imidazole rings is 1. The number of anilines is 1. The summed E-state index contributed by atoms with van der Waals surface area (Å²) < 4.78 is 18.7. The van der Waals surface area contributed by atoms with E-state index in [1.807, 2.05) is 32.0 Å². The maximum absolute atomic E-state index is 14.9. The summed E-state index contributed by atoms with van der Waals surface area (Å²) in [5.74, 6) is -0.742. The molecule has 2 aromatic carbocycles. The molecule has 33 heavy (non-hydrogen) atoms. The molecule has 1 aliphatic heterocycles. The van der Waals surface area contributed by atoms with E-state index in [1.54, 1.807) is 11.6 Å². The van der Waals surface area contributed by atoms with Crippen LogP contribution in [0.1, 0.15) is 42.6 Å². The Morgan fingerprint density at radius 1 is 1.24 bits per heavy atom. The number of carboxylic acid groups (broad SMARTS) is 1. The van der Waals surface area contributed by atoms with Crippen LogP contribution in [0.25, 0.3) is 33.5 Å². The predicted molar refractivity (Wildman–Crippen MR) is 123 cm³/mol. The van der Waals surface area contributed by atoms with Crippen LogP contribution < -0.4 is 5.32 Å². The van der Waals surface area contributed by atoms with Crippen LogP contribution in [0.3, 0.4) is 0 Å². The minimum atomic E-state index is -1.19. The van der Waals surface area contributed by atoms with Crippen molar-refractivity contribution in [1.82, 2.24) is 14.1 Å². The van der Waals surface area contributed by atoms with Gasteiger partial charge in [-0.2, -0.15) is 0 Å². The van der Waals surface area contributed by atoms with Gasteiger partial charge in [-0.25, -0.2) is 14.2 Å². The van der Waals surface area contributed by atoms with Crippen LogP contribution in [-0.4, -0.2) is 31.1 Å². The summed E-state index contributed by atoms with van der Waals surface area (Å²) in [6.45, 7) is 4.62. The van der Waals surface area contributed by atoms with Gasteiger partial charge in [0.25, 0.3) is 0 Å². The first-order chi connectivity index (χ1) is 15.7. The largest absolute Gasteiger partial charge is 0.478 e. The molecule has 0 atom stereocenters. The van der Waals surface area contributed by atoms with Gasteiger partial charge >= 0.3 is 5.97 Å². The topological polar surface area (TPSA) is 89.2 Å². The zero-order valence-corrected chi connectivity index (χ0v) is 18.6. The van der Waals surface area contributed by atoms with Gasteiger partial charge in [0.2, 0.25) is 5.91 Å². The minimum Gasteiger partial charge on any atom is -0.478 e. The molecule has 2 N–H and O–H groups in total. The summed E-state index contributed by atoms with van der Waals surface area (Å²) >= 11 is 0. The number of carbonyl (C=O) groups is 2. The van der Waals surface area contributed by atoms with Crippen LogP contribution in [-0.2, 0) is 23.8 Å². The van der Waals surface area contributed by atoms with E-state index in [1.165, 1.54) is 6.07 Å². The Balaban J connectivity index is 1.64. The molecule has 1 fully saturated rings. The Hall–Kier alpha value is -3.68. The molecule has 3 heterocycles. The standard InChI is InChI=1S/C25H23FN4O3/c1-25(2)15-7-6-13-10-18(30(11-12-4-5-12)20(13)19(15)28-24(25)33)22-27-17-9-14(23(31)32)8-16(26)21(17)29(22)3/h6-10,12H,4-5,11H2,1-3H3,(H,28,33)(H,31,32). The molecule has 0 saturated heterocycles. The average molecular weight is 446 g/mol. The Labute approximate surface area is 188 Å². The molecule has 1 aliphatic carbocycles. The number of carbonyl (C=O) groups excluding carboxylic acids is 1. The van der Waals surface area contributed by atoms with Crippen molar-refractivity contribution in [2.75, 3.05) is 5.32 Å². The Bertz CT molecular complexity index is 1520. The number of aromatic carboxylic acids is 1. The fraction of sp³-hybridized carbons (Fsp3) is 0.320. The van der Waals surface area contributed by atoms with Crippen molar-refractivity contribution < 1.29 is 19.1 Å². The number of carboxylic acids is 1. The van der Waals surface area contributed by atoms with Gasteiger partial charge in [-0.15, -0.1) is 0 Å². The number of hydrogen-bond donors (Lipinski definition) is 2. The van der Waals surface area contributed by atoms with Crippen molar-refractivity contribution in [1.29, 1.82) is 0 Å². The second kappa shape index (κ2) is 6.43. The van der Waals surface area contributed by atoms with Gasteiger partial charge in [-0.3, -0.25) is 4.79 Å². The van der Waals surface area contributed by atoms with Crippen molar-refractivity contribution in [2.24, 2.45) is 13.0 Å². The number of aromatic nitrogens is 3. The lowest BCUT2D eigenvalue weighted by molar-refractivity contribution is -0.119. The quantitative estimate of drug-likeness (QED) is 0.477. The van der Waals surface area contributed by atoms with E-state index in [0.717, 1.165) is 53.3 Å². The molecule has 6 rings (SSSR count). The Morgan fingerprint density at radius 3 is 2.70 bits per heavy atom. The number of halogens is 1.